The number of amides is 2. The number of esters is 1. The molecule has 0 unspecified atom stereocenters. The topological polar surface area (TPSA) is 85.9 Å². The molecule has 2 amide bonds. The zero-order chi connectivity index (χ0) is 19.8. The van der Waals surface area contributed by atoms with Crippen LogP contribution in [0.3, 0.4) is 0 Å². The first kappa shape index (κ1) is 20.6. The molecule has 27 heavy (non-hydrogen) atoms. The normalized spacial score (nSPS) is 16.4. The van der Waals surface area contributed by atoms with Crippen LogP contribution in [-0.4, -0.2) is 32.3 Å². The number of allylic oxidation sites excluding steroid dienone is 1. The summed E-state index contributed by atoms with van der Waals surface area (Å²) in [5, 5.41) is 5.44. The minimum Gasteiger partial charge on any atom is -0.493 e. The molecule has 2 N–H and O–H groups in total. The summed E-state index contributed by atoms with van der Waals surface area (Å²) in [7, 11) is 1.55. The molecule has 0 fully saturated rings. The number of unbranched alkanes of at least 4 members (excludes halogenated alkanes) is 2. The predicted octanol–water partition coefficient (Wildman–Crippen LogP) is 3.46. The summed E-state index contributed by atoms with van der Waals surface area (Å²) in [6.45, 7) is 6.54. The number of urea groups is 1. The number of ether oxygens (including phenoxy) is 3. The van der Waals surface area contributed by atoms with Crippen LogP contribution in [-0.2, 0) is 9.53 Å². The highest BCUT2D eigenvalue weighted by atomic mass is 16.5. The van der Waals surface area contributed by atoms with Gasteiger partial charge in [-0.15, -0.1) is 0 Å². The van der Waals surface area contributed by atoms with Crippen molar-refractivity contribution in [3.63, 3.8) is 0 Å². The molecule has 1 atom stereocenters. The zero-order valence-corrected chi connectivity index (χ0v) is 16.4. The second-order valence-electron chi connectivity index (χ2n) is 6.26. The first-order chi connectivity index (χ1) is 13.0. The summed E-state index contributed by atoms with van der Waals surface area (Å²) in [5.41, 5.74) is 1.58. The molecular weight excluding hydrogens is 348 g/mol. The van der Waals surface area contributed by atoms with Crippen LogP contribution < -0.4 is 20.1 Å². The lowest BCUT2D eigenvalue weighted by Crippen LogP contribution is -2.45. The quantitative estimate of drug-likeness (QED) is 0.509. The molecule has 7 heteroatoms. The molecule has 0 saturated carbocycles. The second kappa shape index (κ2) is 9.85. The Morgan fingerprint density at radius 2 is 1.96 bits per heavy atom. The molecule has 0 bridgehead atoms. The van der Waals surface area contributed by atoms with Crippen LogP contribution in [0.25, 0.3) is 0 Å². The van der Waals surface area contributed by atoms with Crippen LogP contribution in [0.1, 0.15) is 51.6 Å². The minimum absolute atomic E-state index is 0.358. The lowest BCUT2D eigenvalue weighted by Gasteiger charge is -2.28. The van der Waals surface area contributed by atoms with E-state index in [-0.39, 0.29) is 6.03 Å². The van der Waals surface area contributed by atoms with Crippen LogP contribution in [0.15, 0.2) is 29.5 Å². The van der Waals surface area contributed by atoms with Gasteiger partial charge in [0.15, 0.2) is 11.5 Å². The van der Waals surface area contributed by atoms with Gasteiger partial charge in [0.25, 0.3) is 0 Å². The lowest BCUT2D eigenvalue weighted by molar-refractivity contribution is -0.139. The molecule has 2 rings (SSSR count). The highest BCUT2D eigenvalue weighted by Crippen LogP contribution is 2.34. The molecule has 0 saturated heterocycles. The molecule has 1 aliphatic heterocycles. The third-order valence-electron chi connectivity index (χ3n) is 4.29. The van der Waals surface area contributed by atoms with Crippen molar-refractivity contribution in [2.45, 2.75) is 46.1 Å². The number of hydrogen-bond donors (Lipinski definition) is 2. The smallest absolute Gasteiger partial charge is 0.338 e. The Morgan fingerprint density at radius 1 is 1.19 bits per heavy atom. The molecule has 1 heterocycles. The average Bonchev–Trinajstić information content (AvgIpc) is 2.65. The van der Waals surface area contributed by atoms with Gasteiger partial charge in [-0.05, 0) is 38.0 Å². The third kappa shape index (κ3) is 5.15. The first-order valence-electron chi connectivity index (χ1n) is 9.27. The van der Waals surface area contributed by atoms with E-state index in [1.54, 1.807) is 32.2 Å². The lowest BCUT2D eigenvalue weighted by atomic mass is 9.95. The standard InChI is InChI=1S/C20H28N2O5/c1-5-7-8-11-27-19(23)17-13(3)21-20(24)22-18(17)14-9-10-15(26-6-2)16(12-14)25-4/h9-10,12,18H,5-8,11H2,1-4H3,(H2,21,22,24)/t18-/m0/s1. The second-order valence-corrected chi connectivity index (χ2v) is 6.26. The van der Waals surface area contributed by atoms with E-state index in [2.05, 4.69) is 17.6 Å². The van der Waals surface area contributed by atoms with E-state index in [0.29, 0.717) is 41.5 Å². The van der Waals surface area contributed by atoms with E-state index in [1.807, 2.05) is 6.92 Å². The molecule has 0 aliphatic carbocycles. The summed E-state index contributed by atoms with van der Waals surface area (Å²) in [5.74, 6) is 0.706. The minimum atomic E-state index is -0.623. The van der Waals surface area contributed by atoms with Crippen LogP contribution in [0.4, 0.5) is 4.79 Å². The fourth-order valence-corrected chi connectivity index (χ4v) is 2.95. The molecule has 148 valence electrons. The molecule has 7 nitrogen and oxygen atoms in total. The fourth-order valence-electron chi connectivity index (χ4n) is 2.95. The van der Waals surface area contributed by atoms with Crippen molar-refractivity contribution in [1.82, 2.24) is 10.6 Å². The van der Waals surface area contributed by atoms with Gasteiger partial charge in [-0.1, -0.05) is 25.8 Å². The number of carbonyl (C=O) groups is 2. The van der Waals surface area contributed by atoms with Crippen LogP contribution >= 0.6 is 0 Å². The van der Waals surface area contributed by atoms with Crippen molar-refractivity contribution in [2.75, 3.05) is 20.3 Å². The van der Waals surface area contributed by atoms with E-state index in [4.69, 9.17) is 14.2 Å². The number of methoxy groups -OCH3 is 1. The van der Waals surface area contributed by atoms with Gasteiger partial charge >= 0.3 is 12.0 Å². The van der Waals surface area contributed by atoms with Crippen LogP contribution in [0.5, 0.6) is 11.5 Å². The van der Waals surface area contributed by atoms with E-state index in [9.17, 15) is 9.59 Å². The van der Waals surface area contributed by atoms with E-state index < -0.39 is 12.0 Å². The number of nitrogens with one attached hydrogen (secondary N) is 2. The predicted molar refractivity (Wildman–Crippen MR) is 102 cm³/mol. The highest BCUT2D eigenvalue weighted by Gasteiger charge is 2.32. The molecule has 0 radical (unpaired) electrons. The maximum Gasteiger partial charge on any atom is 0.338 e. The largest absolute Gasteiger partial charge is 0.493 e. The maximum absolute atomic E-state index is 12.7. The van der Waals surface area contributed by atoms with Crippen molar-refractivity contribution in [3.05, 3.63) is 35.0 Å². The van der Waals surface area contributed by atoms with Crippen LogP contribution in [0.2, 0.25) is 0 Å². The van der Waals surface area contributed by atoms with Crippen molar-refractivity contribution in [3.8, 4) is 11.5 Å². The molecular formula is C20H28N2O5. The number of benzene rings is 1. The van der Waals surface area contributed by atoms with Crippen molar-refractivity contribution in [1.29, 1.82) is 0 Å². The molecule has 0 spiro atoms. The Balaban J connectivity index is 2.30. The van der Waals surface area contributed by atoms with Gasteiger partial charge in [-0.25, -0.2) is 9.59 Å². The van der Waals surface area contributed by atoms with E-state index >= 15 is 0 Å². The Morgan fingerprint density at radius 3 is 2.63 bits per heavy atom. The number of carbonyl (C=O) groups excluding carboxylic acids is 2. The first-order valence-corrected chi connectivity index (χ1v) is 9.27. The Hall–Kier alpha value is -2.70. The zero-order valence-electron chi connectivity index (χ0n) is 16.4. The summed E-state index contributed by atoms with van der Waals surface area (Å²) < 4.78 is 16.3. The van der Waals surface area contributed by atoms with Crippen LogP contribution in [0, 0.1) is 0 Å². The monoisotopic (exact) mass is 376 g/mol. The maximum atomic E-state index is 12.7. The SMILES string of the molecule is CCCCCOC(=O)C1=C(C)NC(=O)N[C@H]1c1ccc(OCC)c(OC)c1. The fraction of sp³-hybridized carbons (Fsp3) is 0.500. The average molecular weight is 376 g/mol. The molecule has 1 aliphatic rings. The molecule has 1 aromatic carbocycles. The van der Waals surface area contributed by atoms with Crippen molar-refractivity contribution < 1.29 is 23.8 Å². The Labute approximate surface area is 160 Å². The van der Waals surface area contributed by atoms with E-state index in [0.717, 1.165) is 19.3 Å². The van der Waals surface area contributed by atoms with Gasteiger partial charge in [0.05, 0.1) is 31.9 Å². The number of rotatable bonds is 9. The van der Waals surface area contributed by atoms with Gasteiger partial charge in [0, 0.05) is 5.70 Å². The summed E-state index contributed by atoms with van der Waals surface area (Å²) in [6, 6.07) is 4.35. The third-order valence-corrected chi connectivity index (χ3v) is 4.29. The van der Waals surface area contributed by atoms with Gasteiger partial charge in [0.2, 0.25) is 0 Å². The van der Waals surface area contributed by atoms with Gasteiger partial charge in [0.1, 0.15) is 0 Å². The Kier molecular flexibility index (Phi) is 7.52. The summed E-state index contributed by atoms with van der Waals surface area (Å²) >= 11 is 0. The van der Waals surface area contributed by atoms with Gasteiger partial charge in [-0.3, -0.25) is 0 Å². The van der Waals surface area contributed by atoms with Crippen molar-refractivity contribution >= 4 is 12.0 Å². The highest BCUT2D eigenvalue weighted by molar-refractivity contribution is 5.95. The van der Waals surface area contributed by atoms with Gasteiger partial charge in [-0.2, -0.15) is 0 Å². The molecule has 0 aromatic heterocycles. The summed E-state index contributed by atoms with van der Waals surface area (Å²) in [6.07, 6.45) is 2.86. The van der Waals surface area contributed by atoms with Gasteiger partial charge < -0.3 is 24.8 Å². The summed E-state index contributed by atoms with van der Waals surface area (Å²) in [4.78, 5) is 24.6. The molecule has 1 aromatic rings. The van der Waals surface area contributed by atoms with E-state index in [1.165, 1.54) is 0 Å². The van der Waals surface area contributed by atoms with Crippen molar-refractivity contribution in [2.24, 2.45) is 0 Å². The number of hydrogen-bond acceptors (Lipinski definition) is 5. The Bertz CT molecular complexity index is 714.